The molecule has 156 valence electrons. The van der Waals surface area contributed by atoms with Crippen molar-refractivity contribution in [3.05, 3.63) is 114 Å². The summed E-state index contributed by atoms with van der Waals surface area (Å²) in [7, 11) is 0. The van der Waals surface area contributed by atoms with E-state index in [0.29, 0.717) is 36.2 Å². The van der Waals surface area contributed by atoms with Crippen molar-refractivity contribution in [2.24, 2.45) is 0 Å². The van der Waals surface area contributed by atoms with Crippen LogP contribution in [0, 0.1) is 5.82 Å². The Morgan fingerprint density at radius 3 is 2.00 bits per heavy atom. The van der Waals surface area contributed by atoms with Gasteiger partial charge in [0.25, 0.3) is 5.88 Å². The van der Waals surface area contributed by atoms with Crippen molar-refractivity contribution in [3.63, 3.8) is 0 Å². The molecule has 1 heterocycles. The maximum absolute atomic E-state index is 13.9. The van der Waals surface area contributed by atoms with Crippen LogP contribution in [0.2, 0.25) is 0 Å². The molecule has 0 spiro atoms. The van der Waals surface area contributed by atoms with E-state index in [1.165, 1.54) is 6.07 Å². The van der Waals surface area contributed by atoms with E-state index in [-0.39, 0.29) is 12.4 Å². The standard InChI is InChI=1S/C25H22FN3O2/c26-22-14-8-7-13-21(22)16-27-24-15-23(30-17-19-9-3-1-4-10-19)25(29-28-24)31-18-20-11-5-2-6-12-20/h1-15H,16-18H2,(H,27,28). The monoisotopic (exact) mass is 415 g/mol. The highest BCUT2D eigenvalue weighted by molar-refractivity contribution is 5.45. The van der Waals surface area contributed by atoms with Crippen LogP contribution in [-0.4, -0.2) is 10.2 Å². The van der Waals surface area contributed by atoms with Crippen LogP contribution in [0.3, 0.4) is 0 Å². The summed E-state index contributed by atoms with van der Waals surface area (Å²) in [5, 5.41) is 11.4. The number of rotatable bonds is 9. The van der Waals surface area contributed by atoms with Crippen LogP contribution in [0.5, 0.6) is 11.6 Å². The molecule has 4 aromatic rings. The van der Waals surface area contributed by atoms with E-state index in [4.69, 9.17) is 9.47 Å². The maximum Gasteiger partial charge on any atom is 0.276 e. The van der Waals surface area contributed by atoms with Crippen molar-refractivity contribution in [1.82, 2.24) is 10.2 Å². The van der Waals surface area contributed by atoms with Crippen molar-refractivity contribution in [1.29, 1.82) is 0 Å². The molecule has 0 bridgehead atoms. The van der Waals surface area contributed by atoms with Crippen LogP contribution in [0.25, 0.3) is 0 Å². The largest absolute Gasteiger partial charge is 0.483 e. The predicted molar refractivity (Wildman–Crippen MR) is 117 cm³/mol. The normalized spacial score (nSPS) is 10.5. The lowest BCUT2D eigenvalue weighted by molar-refractivity contribution is 0.244. The molecule has 0 amide bonds. The molecule has 3 aromatic carbocycles. The van der Waals surface area contributed by atoms with Crippen LogP contribution in [-0.2, 0) is 19.8 Å². The van der Waals surface area contributed by atoms with Gasteiger partial charge in [0.2, 0.25) is 0 Å². The zero-order chi connectivity index (χ0) is 21.3. The summed E-state index contributed by atoms with van der Waals surface area (Å²) < 4.78 is 25.7. The molecule has 0 saturated carbocycles. The van der Waals surface area contributed by atoms with Gasteiger partial charge in [-0.05, 0) is 17.2 Å². The Kier molecular flexibility index (Phi) is 6.70. The van der Waals surface area contributed by atoms with Crippen LogP contribution >= 0.6 is 0 Å². The van der Waals surface area contributed by atoms with Gasteiger partial charge in [0.05, 0.1) is 0 Å². The molecule has 0 unspecified atom stereocenters. The summed E-state index contributed by atoms with van der Waals surface area (Å²) in [5.74, 6) is 0.965. The fourth-order valence-electron chi connectivity index (χ4n) is 2.94. The molecule has 0 radical (unpaired) electrons. The number of nitrogens with one attached hydrogen (secondary N) is 1. The van der Waals surface area contributed by atoms with Crippen LogP contribution < -0.4 is 14.8 Å². The number of ether oxygens (including phenoxy) is 2. The van der Waals surface area contributed by atoms with Crippen molar-refractivity contribution in [3.8, 4) is 11.6 Å². The molecule has 0 atom stereocenters. The lowest BCUT2D eigenvalue weighted by Gasteiger charge is -2.13. The van der Waals surface area contributed by atoms with E-state index in [1.54, 1.807) is 24.3 Å². The Morgan fingerprint density at radius 1 is 0.710 bits per heavy atom. The first-order valence-electron chi connectivity index (χ1n) is 9.96. The molecule has 5 nitrogen and oxygen atoms in total. The molecule has 6 heteroatoms. The number of hydrogen-bond donors (Lipinski definition) is 1. The highest BCUT2D eigenvalue weighted by Crippen LogP contribution is 2.28. The molecule has 0 aliphatic heterocycles. The first kappa shape index (κ1) is 20.3. The molecule has 4 rings (SSSR count). The predicted octanol–water partition coefficient (Wildman–Crippen LogP) is 5.39. The third kappa shape index (κ3) is 5.79. The van der Waals surface area contributed by atoms with Gasteiger partial charge in [-0.15, -0.1) is 10.2 Å². The van der Waals surface area contributed by atoms with Gasteiger partial charge in [-0.2, -0.15) is 0 Å². The highest BCUT2D eigenvalue weighted by Gasteiger charge is 2.12. The van der Waals surface area contributed by atoms with Crippen LogP contribution in [0.15, 0.2) is 91.0 Å². The van der Waals surface area contributed by atoms with Gasteiger partial charge in [0.15, 0.2) is 11.6 Å². The zero-order valence-electron chi connectivity index (χ0n) is 16.9. The van der Waals surface area contributed by atoms with E-state index in [0.717, 1.165) is 11.1 Å². The fraction of sp³-hybridized carbons (Fsp3) is 0.120. The lowest BCUT2D eigenvalue weighted by Crippen LogP contribution is -2.07. The number of halogens is 1. The summed E-state index contributed by atoms with van der Waals surface area (Å²) in [5.41, 5.74) is 2.58. The Balaban J connectivity index is 1.49. The number of anilines is 1. The van der Waals surface area contributed by atoms with E-state index in [1.807, 2.05) is 60.7 Å². The first-order valence-corrected chi connectivity index (χ1v) is 9.96. The van der Waals surface area contributed by atoms with Crippen molar-refractivity contribution < 1.29 is 13.9 Å². The van der Waals surface area contributed by atoms with Gasteiger partial charge in [-0.1, -0.05) is 78.9 Å². The summed E-state index contributed by atoms with van der Waals surface area (Å²) in [6.45, 7) is 0.990. The van der Waals surface area contributed by atoms with Crippen LogP contribution in [0.4, 0.5) is 10.2 Å². The molecular weight excluding hydrogens is 393 g/mol. The Bertz CT molecular complexity index is 1110. The second-order valence-electron chi connectivity index (χ2n) is 6.89. The molecule has 0 aliphatic rings. The van der Waals surface area contributed by atoms with E-state index < -0.39 is 0 Å². The van der Waals surface area contributed by atoms with Gasteiger partial charge in [0, 0.05) is 18.2 Å². The first-order chi connectivity index (χ1) is 15.3. The SMILES string of the molecule is Fc1ccccc1CNc1cc(OCc2ccccc2)c(OCc2ccccc2)nn1. The average molecular weight is 415 g/mol. The third-order valence-corrected chi connectivity index (χ3v) is 4.60. The number of nitrogens with zero attached hydrogens (tertiary/aromatic N) is 2. The van der Waals surface area contributed by atoms with Crippen molar-refractivity contribution >= 4 is 5.82 Å². The number of aromatic nitrogens is 2. The Morgan fingerprint density at radius 2 is 1.32 bits per heavy atom. The molecule has 0 saturated heterocycles. The molecule has 0 aliphatic carbocycles. The second kappa shape index (κ2) is 10.2. The van der Waals surface area contributed by atoms with E-state index in [2.05, 4.69) is 15.5 Å². The quantitative estimate of drug-likeness (QED) is 0.397. The highest BCUT2D eigenvalue weighted by atomic mass is 19.1. The maximum atomic E-state index is 13.9. The van der Waals surface area contributed by atoms with Gasteiger partial charge in [-0.3, -0.25) is 0 Å². The van der Waals surface area contributed by atoms with Gasteiger partial charge < -0.3 is 14.8 Å². The topological polar surface area (TPSA) is 56.3 Å². The zero-order valence-corrected chi connectivity index (χ0v) is 16.9. The number of benzene rings is 3. The van der Waals surface area contributed by atoms with E-state index in [9.17, 15) is 4.39 Å². The fourth-order valence-corrected chi connectivity index (χ4v) is 2.94. The summed E-state index contributed by atoms with van der Waals surface area (Å²) in [4.78, 5) is 0. The van der Waals surface area contributed by atoms with Crippen LogP contribution in [0.1, 0.15) is 16.7 Å². The summed E-state index contributed by atoms with van der Waals surface area (Å²) in [6, 6.07) is 28.0. The summed E-state index contributed by atoms with van der Waals surface area (Å²) in [6.07, 6.45) is 0. The van der Waals surface area contributed by atoms with Crippen molar-refractivity contribution in [2.75, 3.05) is 5.32 Å². The molecule has 31 heavy (non-hydrogen) atoms. The summed E-state index contributed by atoms with van der Waals surface area (Å²) >= 11 is 0. The molecular formula is C25H22FN3O2. The van der Waals surface area contributed by atoms with Gasteiger partial charge in [-0.25, -0.2) is 4.39 Å². The minimum Gasteiger partial charge on any atom is -0.483 e. The van der Waals surface area contributed by atoms with E-state index >= 15 is 0 Å². The minimum absolute atomic E-state index is 0.272. The van der Waals surface area contributed by atoms with Crippen molar-refractivity contribution in [2.45, 2.75) is 19.8 Å². The van der Waals surface area contributed by atoms with Gasteiger partial charge in [0.1, 0.15) is 19.0 Å². The minimum atomic E-state index is -0.272. The second-order valence-corrected chi connectivity index (χ2v) is 6.89. The Hall–Kier alpha value is -3.93. The van der Waals surface area contributed by atoms with Gasteiger partial charge >= 0.3 is 0 Å². The molecule has 1 aromatic heterocycles. The molecule has 1 N–H and O–H groups in total. The molecule has 0 fully saturated rings. The average Bonchev–Trinajstić information content (AvgIpc) is 2.83. The number of hydrogen-bond acceptors (Lipinski definition) is 5. The Labute approximate surface area is 180 Å². The lowest BCUT2D eigenvalue weighted by atomic mass is 10.2. The smallest absolute Gasteiger partial charge is 0.276 e. The third-order valence-electron chi connectivity index (χ3n) is 4.60.